The van der Waals surface area contributed by atoms with Crippen LogP contribution < -0.4 is 0 Å². The molecule has 0 aliphatic carbocycles. The van der Waals surface area contributed by atoms with Crippen LogP contribution in [0.15, 0.2) is 12.3 Å². The Hall–Kier alpha value is -1.60. The molecule has 1 unspecified atom stereocenters. The van der Waals surface area contributed by atoms with Gasteiger partial charge >= 0.3 is 12.1 Å². The second-order valence-electron chi connectivity index (χ2n) is 2.77. The maximum Gasteiger partial charge on any atom is 0.411 e. The molecule has 1 rings (SSSR count). The van der Waals surface area contributed by atoms with E-state index in [-0.39, 0.29) is 4.68 Å². The molecule has 8 heteroatoms. The molecule has 1 aromatic heterocycles. The van der Waals surface area contributed by atoms with E-state index >= 15 is 0 Å². The van der Waals surface area contributed by atoms with E-state index in [1.165, 1.54) is 0 Å². The highest BCUT2D eigenvalue weighted by molar-refractivity contribution is 5.67. The van der Waals surface area contributed by atoms with Gasteiger partial charge in [0.2, 0.25) is 5.95 Å². The zero-order chi connectivity index (χ0) is 11.6. The van der Waals surface area contributed by atoms with Crippen molar-refractivity contribution >= 4 is 5.97 Å². The number of rotatable bonds is 3. The molecule has 0 bridgehead atoms. The minimum Gasteiger partial charge on any atom is -0.481 e. The van der Waals surface area contributed by atoms with E-state index in [0.717, 1.165) is 12.3 Å². The molecule has 0 saturated heterocycles. The van der Waals surface area contributed by atoms with Gasteiger partial charge in [-0.15, -0.1) is 5.10 Å². The number of carbonyl (C=O) groups is 1. The number of carboxylic acid groups (broad SMARTS) is 1. The lowest BCUT2D eigenvalue weighted by Gasteiger charge is -2.18. The van der Waals surface area contributed by atoms with Crippen molar-refractivity contribution < 1.29 is 27.5 Å². The summed E-state index contributed by atoms with van der Waals surface area (Å²) in [7, 11) is 0. The van der Waals surface area contributed by atoms with E-state index in [9.17, 15) is 22.4 Å². The van der Waals surface area contributed by atoms with E-state index in [0.29, 0.717) is 0 Å². The Morgan fingerprint density at radius 2 is 2.20 bits per heavy atom. The molecule has 0 aliphatic rings. The van der Waals surface area contributed by atoms with Crippen molar-refractivity contribution in [1.82, 2.24) is 9.78 Å². The van der Waals surface area contributed by atoms with Gasteiger partial charge in [0.25, 0.3) is 0 Å². The smallest absolute Gasteiger partial charge is 0.411 e. The lowest BCUT2D eigenvalue weighted by molar-refractivity contribution is -0.179. The second-order valence-corrected chi connectivity index (χ2v) is 2.77. The van der Waals surface area contributed by atoms with Crippen LogP contribution in [0, 0.1) is 5.95 Å². The Balaban J connectivity index is 2.96. The Bertz CT molecular complexity index is 360. The van der Waals surface area contributed by atoms with Crippen LogP contribution in [-0.4, -0.2) is 27.0 Å². The molecule has 15 heavy (non-hydrogen) atoms. The molecule has 1 aromatic rings. The topological polar surface area (TPSA) is 55.1 Å². The summed E-state index contributed by atoms with van der Waals surface area (Å²) in [6.07, 6.45) is -5.22. The summed E-state index contributed by atoms with van der Waals surface area (Å²) in [5, 5.41) is 11.2. The Morgan fingerprint density at radius 1 is 1.60 bits per heavy atom. The highest BCUT2D eigenvalue weighted by atomic mass is 19.4. The third-order valence-corrected chi connectivity index (χ3v) is 1.64. The molecule has 4 nitrogen and oxygen atoms in total. The van der Waals surface area contributed by atoms with E-state index in [1.54, 1.807) is 0 Å². The molecule has 1 N–H and O–H groups in total. The molecule has 0 amide bonds. The van der Waals surface area contributed by atoms with Crippen LogP contribution in [-0.2, 0) is 4.79 Å². The first kappa shape index (κ1) is 11.5. The monoisotopic (exact) mass is 226 g/mol. The maximum atomic E-state index is 12.4. The van der Waals surface area contributed by atoms with Crippen molar-refractivity contribution in [2.24, 2.45) is 0 Å². The van der Waals surface area contributed by atoms with Gasteiger partial charge < -0.3 is 5.11 Å². The Labute approximate surface area is 81.1 Å². The number of nitrogens with zero attached hydrogens (tertiary/aromatic N) is 2. The van der Waals surface area contributed by atoms with Crippen molar-refractivity contribution in [2.45, 2.75) is 18.6 Å². The maximum absolute atomic E-state index is 12.4. The van der Waals surface area contributed by atoms with Gasteiger partial charge in [0.15, 0.2) is 6.04 Å². The number of alkyl halides is 3. The number of aromatic nitrogens is 2. The van der Waals surface area contributed by atoms with Gasteiger partial charge in [0.1, 0.15) is 0 Å². The largest absolute Gasteiger partial charge is 0.481 e. The Morgan fingerprint density at radius 3 is 2.53 bits per heavy atom. The van der Waals surface area contributed by atoms with Gasteiger partial charge in [-0.3, -0.25) is 9.48 Å². The van der Waals surface area contributed by atoms with Crippen molar-refractivity contribution in [3.63, 3.8) is 0 Å². The summed E-state index contributed by atoms with van der Waals surface area (Å²) in [5.41, 5.74) is 0. The van der Waals surface area contributed by atoms with Crippen molar-refractivity contribution in [3.05, 3.63) is 18.2 Å². The average molecular weight is 226 g/mol. The van der Waals surface area contributed by atoms with E-state index in [2.05, 4.69) is 5.10 Å². The predicted molar refractivity (Wildman–Crippen MR) is 39.5 cm³/mol. The summed E-state index contributed by atoms with van der Waals surface area (Å²) in [6.45, 7) is 0. The lowest BCUT2D eigenvalue weighted by atomic mass is 10.2. The molecule has 0 aromatic carbocycles. The molecule has 0 fully saturated rings. The molecule has 0 saturated carbocycles. The quantitative estimate of drug-likeness (QED) is 0.796. The average Bonchev–Trinajstić information content (AvgIpc) is 2.45. The minimum absolute atomic E-state index is 0.253. The fourth-order valence-electron chi connectivity index (χ4n) is 1.01. The van der Waals surface area contributed by atoms with Gasteiger partial charge in [-0.1, -0.05) is 0 Å². The number of hydrogen-bond donors (Lipinski definition) is 1. The molecule has 1 atom stereocenters. The van der Waals surface area contributed by atoms with E-state index in [1.807, 2.05) is 0 Å². The zero-order valence-electron chi connectivity index (χ0n) is 7.20. The van der Waals surface area contributed by atoms with Crippen LogP contribution in [0.5, 0.6) is 0 Å². The summed E-state index contributed by atoms with van der Waals surface area (Å²) in [5.74, 6) is -2.72. The first-order valence-corrected chi connectivity index (χ1v) is 3.80. The minimum atomic E-state index is -4.78. The predicted octanol–water partition coefficient (Wildman–Crippen LogP) is 1.60. The molecule has 0 spiro atoms. The summed E-state index contributed by atoms with van der Waals surface area (Å²) < 4.78 is 49.6. The van der Waals surface area contributed by atoms with Crippen LogP contribution >= 0.6 is 0 Å². The molecule has 0 aliphatic heterocycles. The third kappa shape index (κ3) is 2.93. The molecule has 1 heterocycles. The van der Waals surface area contributed by atoms with Crippen LogP contribution in [0.3, 0.4) is 0 Å². The number of carboxylic acids is 1. The summed E-state index contributed by atoms with van der Waals surface area (Å²) in [6, 6.07) is -1.62. The van der Waals surface area contributed by atoms with Gasteiger partial charge in [-0.25, -0.2) is 0 Å². The van der Waals surface area contributed by atoms with Crippen molar-refractivity contribution in [2.75, 3.05) is 0 Å². The molecular weight excluding hydrogens is 220 g/mol. The van der Waals surface area contributed by atoms with Crippen LogP contribution in [0.2, 0.25) is 0 Å². The number of hydrogen-bond acceptors (Lipinski definition) is 2. The molecule has 84 valence electrons. The molecule has 0 radical (unpaired) electrons. The van der Waals surface area contributed by atoms with Gasteiger partial charge in [-0.2, -0.15) is 17.6 Å². The lowest BCUT2D eigenvalue weighted by Crippen LogP contribution is -2.29. The number of halogens is 4. The van der Waals surface area contributed by atoms with Gasteiger partial charge in [0.05, 0.1) is 6.42 Å². The Kier molecular flexibility index (Phi) is 2.96. The van der Waals surface area contributed by atoms with Crippen LogP contribution in [0.1, 0.15) is 12.5 Å². The zero-order valence-corrected chi connectivity index (χ0v) is 7.20. The third-order valence-electron chi connectivity index (χ3n) is 1.64. The number of aliphatic carboxylic acids is 1. The van der Waals surface area contributed by atoms with Crippen molar-refractivity contribution in [3.8, 4) is 0 Å². The SMILES string of the molecule is O=C(O)CC(n1ccc(F)n1)C(F)(F)F. The summed E-state index contributed by atoms with van der Waals surface area (Å²) >= 11 is 0. The highest BCUT2D eigenvalue weighted by Gasteiger charge is 2.43. The van der Waals surface area contributed by atoms with Crippen LogP contribution in [0.4, 0.5) is 17.6 Å². The molecular formula is C7H6F4N2O2. The second kappa shape index (κ2) is 3.87. The highest BCUT2D eigenvalue weighted by Crippen LogP contribution is 2.32. The van der Waals surface area contributed by atoms with Gasteiger partial charge in [0, 0.05) is 12.3 Å². The first-order valence-electron chi connectivity index (χ1n) is 3.80. The fraction of sp³-hybridized carbons (Fsp3) is 0.429. The first-order chi connectivity index (χ1) is 6.80. The summed E-state index contributed by atoms with van der Waals surface area (Å²) in [4.78, 5) is 10.2. The normalized spacial score (nSPS) is 13.9. The van der Waals surface area contributed by atoms with E-state index < -0.39 is 30.6 Å². The van der Waals surface area contributed by atoms with Crippen molar-refractivity contribution in [1.29, 1.82) is 0 Å². The van der Waals surface area contributed by atoms with Gasteiger partial charge in [-0.05, 0) is 0 Å². The standard InChI is InChI=1S/C7H6F4N2O2/c8-5-1-2-13(12-5)4(3-6(14)15)7(9,10)11/h1-2,4H,3H2,(H,14,15). The van der Waals surface area contributed by atoms with E-state index in [4.69, 9.17) is 5.11 Å². The van der Waals surface area contributed by atoms with Crippen LogP contribution in [0.25, 0.3) is 0 Å². The fourth-order valence-corrected chi connectivity index (χ4v) is 1.01.